The molecule has 4 nitrogen and oxygen atoms in total. The van der Waals surface area contributed by atoms with E-state index in [2.05, 4.69) is 5.32 Å². The number of nitrogens with one attached hydrogen (secondary N) is 1. The predicted molar refractivity (Wildman–Crippen MR) is 82.4 cm³/mol. The van der Waals surface area contributed by atoms with Crippen molar-refractivity contribution in [2.24, 2.45) is 0 Å². The fraction of sp³-hybridized carbons (Fsp3) is 0.235. The van der Waals surface area contributed by atoms with Crippen LogP contribution in [-0.2, 0) is 17.8 Å². The molecule has 0 spiro atoms. The van der Waals surface area contributed by atoms with Crippen molar-refractivity contribution in [3.8, 4) is 5.75 Å². The first-order valence-electron chi connectivity index (χ1n) is 6.75. The van der Waals surface area contributed by atoms with Gasteiger partial charge in [-0.1, -0.05) is 29.8 Å². The molecule has 0 unspecified atom stereocenters. The van der Waals surface area contributed by atoms with Gasteiger partial charge in [-0.05, 0) is 30.7 Å². The number of benzene rings is 2. The van der Waals surface area contributed by atoms with Crippen LogP contribution in [0.4, 0.5) is 5.69 Å². The van der Waals surface area contributed by atoms with Crippen molar-refractivity contribution in [3.05, 3.63) is 59.2 Å². The highest BCUT2D eigenvalue weighted by atomic mass is 16.5. The van der Waals surface area contributed by atoms with Crippen molar-refractivity contribution >= 4 is 11.6 Å². The van der Waals surface area contributed by atoms with Gasteiger partial charge in [0.25, 0.3) is 0 Å². The molecule has 0 fully saturated rings. The van der Waals surface area contributed by atoms with Gasteiger partial charge in [-0.25, -0.2) is 0 Å². The van der Waals surface area contributed by atoms with Crippen LogP contribution in [0.5, 0.6) is 5.75 Å². The Bertz CT molecular complexity index is 620. The van der Waals surface area contributed by atoms with Crippen LogP contribution in [0.25, 0.3) is 0 Å². The molecular formula is C17H19NO3. The van der Waals surface area contributed by atoms with Crippen molar-refractivity contribution in [3.63, 3.8) is 0 Å². The van der Waals surface area contributed by atoms with Crippen LogP contribution in [0, 0.1) is 6.92 Å². The zero-order valence-corrected chi connectivity index (χ0v) is 12.2. The van der Waals surface area contributed by atoms with E-state index in [9.17, 15) is 4.79 Å². The standard InChI is InChI=1S/C17H19NO3/c1-12-3-8-16(21-2)14(9-12)10-17(20)18-15-6-4-13(11-19)5-7-15/h3-9,19H,10-11H2,1-2H3,(H,18,20). The Morgan fingerprint density at radius 1 is 1.19 bits per heavy atom. The lowest BCUT2D eigenvalue weighted by Gasteiger charge is -2.10. The number of ether oxygens (including phenoxy) is 1. The van der Waals surface area contributed by atoms with Gasteiger partial charge in [0, 0.05) is 11.3 Å². The van der Waals surface area contributed by atoms with E-state index in [1.165, 1.54) is 0 Å². The molecule has 0 aliphatic rings. The lowest BCUT2D eigenvalue weighted by molar-refractivity contribution is -0.115. The Morgan fingerprint density at radius 3 is 2.52 bits per heavy atom. The van der Waals surface area contributed by atoms with Gasteiger partial charge in [0.2, 0.25) is 5.91 Å². The van der Waals surface area contributed by atoms with E-state index in [1.54, 1.807) is 31.4 Å². The Morgan fingerprint density at radius 2 is 1.90 bits per heavy atom. The van der Waals surface area contributed by atoms with E-state index in [4.69, 9.17) is 9.84 Å². The maximum atomic E-state index is 12.1. The summed E-state index contributed by atoms with van der Waals surface area (Å²) in [6.45, 7) is 1.98. The monoisotopic (exact) mass is 285 g/mol. The minimum atomic E-state index is -0.101. The highest BCUT2D eigenvalue weighted by molar-refractivity contribution is 5.92. The third-order valence-electron chi connectivity index (χ3n) is 3.21. The fourth-order valence-electron chi connectivity index (χ4n) is 2.12. The molecule has 0 saturated heterocycles. The zero-order chi connectivity index (χ0) is 15.2. The molecule has 2 aromatic carbocycles. The molecule has 110 valence electrons. The quantitative estimate of drug-likeness (QED) is 0.888. The number of methoxy groups -OCH3 is 1. The Kier molecular flexibility index (Phi) is 4.95. The molecule has 1 amide bonds. The summed E-state index contributed by atoms with van der Waals surface area (Å²) in [7, 11) is 1.60. The number of rotatable bonds is 5. The molecular weight excluding hydrogens is 266 g/mol. The maximum absolute atomic E-state index is 12.1. The molecule has 0 aliphatic heterocycles. The van der Waals surface area contributed by atoms with Crippen LogP contribution in [0.15, 0.2) is 42.5 Å². The van der Waals surface area contributed by atoms with Crippen molar-refractivity contribution in [2.45, 2.75) is 20.0 Å². The number of amides is 1. The van der Waals surface area contributed by atoms with Crippen LogP contribution < -0.4 is 10.1 Å². The molecule has 2 aromatic rings. The van der Waals surface area contributed by atoms with Crippen LogP contribution in [0.1, 0.15) is 16.7 Å². The summed E-state index contributed by atoms with van der Waals surface area (Å²) in [4.78, 5) is 12.1. The largest absolute Gasteiger partial charge is 0.496 e. The average Bonchev–Trinajstić information content (AvgIpc) is 2.48. The first kappa shape index (κ1) is 15.1. The molecule has 0 atom stereocenters. The summed E-state index contributed by atoms with van der Waals surface area (Å²) in [5, 5.41) is 11.8. The van der Waals surface area contributed by atoms with E-state index in [0.717, 1.165) is 16.7 Å². The number of aliphatic hydroxyl groups is 1. The minimum Gasteiger partial charge on any atom is -0.496 e. The first-order chi connectivity index (χ1) is 10.1. The summed E-state index contributed by atoms with van der Waals surface area (Å²) >= 11 is 0. The minimum absolute atomic E-state index is 0.00524. The number of aryl methyl sites for hydroxylation is 1. The summed E-state index contributed by atoms with van der Waals surface area (Å²) in [5.74, 6) is 0.613. The Hall–Kier alpha value is -2.33. The lowest BCUT2D eigenvalue weighted by atomic mass is 10.1. The van der Waals surface area contributed by atoms with Crippen LogP contribution in [-0.4, -0.2) is 18.1 Å². The van der Waals surface area contributed by atoms with E-state index in [0.29, 0.717) is 11.4 Å². The van der Waals surface area contributed by atoms with E-state index in [-0.39, 0.29) is 18.9 Å². The van der Waals surface area contributed by atoms with Gasteiger partial charge in [0.1, 0.15) is 5.75 Å². The molecule has 0 radical (unpaired) electrons. The predicted octanol–water partition coefficient (Wildman–Crippen LogP) is 2.68. The highest BCUT2D eigenvalue weighted by Gasteiger charge is 2.09. The molecule has 0 heterocycles. The van der Waals surface area contributed by atoms with Crippen molar-refractivity contribution in [1.29, 1.82) is 0 Å². The second-order valence-corrected chi connectivity index (χ2v) is 4.90. The number of aliphatic hydroxyl groups excluding tert-OH is 1. The molecule has 0 bridgehead atoms. The van der Waals surface area contributed by atoms with Gasteiger partial charge < -0.3 is 15.2 Å². The molecule has 21 heavy (non-hydrogen) atoms. The lowest BCUT2D eigenvalue weighted by Crippen LogP contribution is -2.15. The summed E-state index contributed by atoms with van der Waals surface area (Å²) in [5.41, 5.74) is 3.48. The normalized spacial score (nSPS) is 10.2. The van der Waals surface area contributed by atoms with Crippen molar-refractivity contribution < 1.29 is 14.6 Å². The number of carbonyl (C=O) groups excluding carboxylic acids is 1. The maximum Gasteiger partial charge on any atom is 0.228 e. The van der Waals surface area contributed by atoms with E-state index >= 15 is 0 Å². The summed E-state index contributed by atoms with van der Waals surface area (Å²) in [6.07, 6.45) is 0.257. The van der Waals surface area contributed by atoms with Crippen LogP contribution in [0.2, 0.25) is 0 Å². The Balaban J connectivity index is 2.05. The molecule has 4 heteroatoms. The third-order valence-corrected chi connectivity index (χ3v) is 3.21. The highest BCUT2D eigenvalue weighted by Crippen LogP contribution is 2.20. The zero-order valence-electron chi connectivity index (χ0n) is 12.2. The van der Waals surface area contributed by atoms with Crippen LogP contribution >= 0.6 is 0 Å². The van der Waals surface area contributed by atoms with Gasteiger partial charge in [-0.2, -0.15) is 0 Å². The van der Waals surface area contributed by atoms with Gasteiger partial charge in [0.15, 0.2) is 0 Å². The summed E-state index contributed by atoms with van der Waals surface area (Å²) < 4.78 is 5.27. The van der Waals surface area contributed by atoms with Gasteiger partial charge in [-0.3, -0.25) is 4.79 Å². The van der Waals surface area contributed by atoms with Crippen molar-refractivity contribution in [2.75, 3.05) is 12.4 Å². The fourth-order valence-corrected chi connectivity index (χ4v) is 2.12. The van der Waals surface area contributed by atoms with Gasteiger partial charge in [0.05, 0.1) is 20.1 Å². The number of anilines is 1. The number of hydrogen-bond acceptors (Lipinski definition) is 3. The topological polar surface area (TPSA) is 58.6 Å². The smallest absolute Gasteiger partial charge is 0.228 e. The SMILES string of the molecule is COc1ccc(C)cc1CC(=O)Nc1ccc(CO)cc1. The van der Waals surface area contributed by atoms with Crippen LogP contribution in [0.3, 0.4) is 0 Å². The molecule has 0 saturated carbocycles. The third kappa shape index (κ3) is 4.07. The molecule has 0 aromatic heterocycles. The number of carbonyl (C=O) groups is 1. The average molecular weight is 285 g/mol. The molecule has 0 aliphatic carbocycles. The second kappa shape index (κ2) is 6.90. The van der Waals surface area contributed by atoms with Gasteiger partial charge in [-0.15, -0.1) is 0 Å². The van der Waals surface area contributed by atoms with Gasteiger partial charge >= 0.3 is 0 Å². The molecule has 2 rings (SSSR count). The van der Waals surface area contributed by atoms with E-state index in [1.807, 2.05) is 25.1 Å². The first-order valence-corrected chi connectivity index (χ1v) is 6.75. The Labute approximate surface area is 124 Å². The molecule has 2 N–H and O–H groups in total. The van der Waals surface area contributed by atoms with Crippen molar-refractivity contribution in [1.82, 2.24) is 0 Å². The van der Waals surface area contributed by atoms with E-state index < -0.39 is 0 Å². The second-order valence-electron chi connectivity index (χ2n) is 4.90. The summed E-state index contributed by atoms with van der Waals surface area (Å²) in [6, 6.07) is 12.9. The number of hydrogen-bond donors (Lipinski definition) is 2.